The zero-order chi connectivity index (χ0) is 15.4. The minimum absolute atomic E-state index is 0.448. The number of hydrogen-bond donors (Lipinski definition) is 1. The maximum atomic E-state index is 5.99. The van der Waals surface area contributed by atoms with Crippen molar-refractivity contribution in [3.8, 4) is 0 Å². The maximum absolute atomic E-state index is 5.99. The van der Waals surface area contributed by atoms with Gasteiger partial charge in [0, 0.05) is 17.5 Å². The van der Waals surface area contributed by atoms with E-state index >= 15 is 0 Å². The topological polar surface area (TPSA) is 38.4 Å². The van der Waals surface area contributed by atoms with Crippen molar-refractivity contribution in [1.29, 1.82) is 0 Å². The van der Waals surface area contributed by atoms with Crippen LogP contribution in [0.4, 0.5) is 11.4 Å². The van der Waals surface area contributed by atoms with Gasteiger partial charge in [0.15, 0.2) is 0 Å². The Morgan fingerprint density at radius 2 is 1.43 bits per heavy atom. The lowest BCUT2D eigenvalue weighted by Crippen LogP contribution is -1.96. The molecule has 2 heteroatoms. The van der Waals surface area contributed by atoms with Gasteiger partial charge in [0.25, 0.3) is 0 Å². The summed E-state index contributed by atoms with van der Waals surface area (Å²) < 4.78 is 0. The molecule has 110 valence electrons. The first-order valence-electron chi connectivity index (χ1n) is 7.52. The fraction of sp³-hybridized carbons (Fsp3) is 0.316. The first-order chi connectivity index (χ1) is 10.0. The van der Waals surface area contributed by atoms with Gasteiger partial charge >= 0.3 is 0 Å². The molecular formula is C19H24N2. The van der Waals surface area contributed by atoms with Crippen molar-refractivity contribution >= 4 is 17.6 Å². The molecule has 2 aromatic carbocycles. The van der Waals surface area contributed by atoms with E-state index in [4.69, 9.17) is 10.7 Å². The van der Waals surface area contributed by atoms with Crippen LogP contribution < -0.4 is 5.73 Å². The summed E-state index contributed by atoms with van der Waals surface area (Å²) in [6.45, 7) is 8.81. The highest BCUT2D eigenvalue weighted by Gasteiger charge is 2.12. The number of nitrogens with two attached hydrogens (primary N) is 1. The van der Waals surface area contributed by atoms with Crippen LogP contribution in [0.5, 0.6) is 0 Å². The molecule has 2 nitrogen and oxygen atoms in total. The largest absolute Gasteiger partial charge is 0.398 e. The number of aliphatic imine (C=N–C) groups is 1. The molecule has 0 unspecified atom stereocenters. The van der Waals surface area contributed by atoms with E-state index in [0.29, 0.717) is 11.8 Å². The highest BCUT2D eigenvalue weighted by Crippen LogP contribution is 2.34. The lowest BCUT2D eigenvalue weighted by Gasteiger charge is -2.16. The van der Waals surface area contributed by atoms with E-state index in [9.17, 15) is 0 Å². The predicted molar refractivity (Wildman–Crippen MR) is 92.7 cm³/mol. The van der Waals surface area contributed by atoms with E-state index in [0.717, 1.165) is 16.9 Å². The average molecular weight is 280 g/mol. The third kappa shape index (κ3) is 3.52. The van der Waals surface area contributed by atoms with Crippen LogP contribution in [0.3, 0.4) is 0 Å². The van der Waals surface area contributed by atoms with E-state index in [2.05, 4.69) is 45.9 Å². The second kappa shape index (κ2) is 6.57. The molecule has 21 heavy (non-hydrogen) atoms. The van der Waals surface area contributed by atoms with Crippen LogP contribution in [0.15, 0.2) is 47.5 Å². The second-order valence-electron chi connectivity index (χ2n) is 5.98. The fourth-order valence-corrected chi connectivity index (χ4v) is 2.42. The van der Waals surface area contributed by atoms with Gasteiger partial charge in [-0.25, -0.2) is 0 Å². The number of hydrogen-bond acceptors (Lipinski definition) is 2. The van der Waals surface area contributed by atoms with E-state index in [1.807, 2.05) is 30.5 Å². The highest BCUT2D eigenvalue weighted by atomic mass is 14.7. The summed E-state index contributed by atoms with van der Waals surface area (Å²) in [5.74, 6) is 0.896. The zero-order valence-corrected chi connectivity index (χ0v) is 13.3. The molecule has 0 radical (unpaired) electrons. The Balaban J connectivity index is 2.49. The van der Waals surface area contributed by atoms with Crippen LogP contribution in [0.25, 0.3) is 0 Å². The molecule has 0 spiro atoms. The lowest BCUT2D eigenvalue weighted by atomic mass is 9.93. The molecule has 0 aliphatic rings. The van der Waals surface area contributed by atoms with Crippen LogP contribution in [0, 0.1) is 0 Å². The average Bonchev–Trinajstić information content (AvgIpc) is 2.45. The Labute approximate surface area is 127 Å². The summed E-state index contributed by atoms with van der Waals surface area (Å²) in [7, 11) is 0. The minimum atomic E-state index is 0.448. The molecule has 0 saturated heterocycles. The maximum Gasteiger partial charge on any atom is 0.0699 e. The highest BCUT2D eigenvalue weighted by molar-refractivity contribution is 5.89. The number of anilines is 1. The van der Waals surface area contributed by atoms with Gasteiger partial charge in [0.05, 0.1) is 5.69 Å². The Morgan fingerprint density at radius 3 is 1.95 bits per heavy atom. The van der Waals surface area contributed by atoms with Crippen LogP contribution >= 0.6 is 0 Å². The summed E-state index contributed by atoms with van der Waals surface area (Å²) in [6.07, 6.45) is 1.88. The number of para-hydroxylation sites is 2. The van der Waals surface area contributed by atoms with E-state index in [-0.39, 0.29) is 0 Å². The fourth-order valence-electron chi connectivity index (χ4n) is 2.42. The van der Waals surface area contributed by atoms with Gasteiger partial charge in [-0.05, 0) is 29.0 Å². The monoisotopic (exact) mass is 280 g/mol. The molecule has 0 fully saturated rings. The summed E-state index contributed by atoms with van der Waals surface area (Å²) in [5.41, 5.74) is 11.4. The third-order valence-corrected chi connectivity index (χ3v) is 3.67. The zero-order valence-electron chi connectivity index (χ0n) is 13.3. The van der Waals surface area contributed by atoms with Gasteiger partial charge in [-0.15, -0.1) is 0 Å². The molecule has 0 aliphatic heterocycles. The quantitative estimate of drug-likeness (QED) is 0.601. The summed E-state index contributed by atoms with van der Waals surface area (Å²) in [4.78, 5) is 4.77. The third-order valence-electron chi connectivity index (χ3n) is 3.67. The van der Waals surface area contributed by atoms with Gasteiger partial charge in [-0.3, -0.25) is 4.99 Å². The van der Waals surface area contributed by atoms with Crippen molar-refractivity contribution in [1.82, 2.24) is 0 Å². The Bertz CT molecular complexity index is 614. The molecule has 2 aromatic rings. The first kappa shape index (κ1) is 15.3. The lowest BCUT2D eigenvalue weighted by molar-refractivity contribution is 0.835. The van der Waals surface area contributed by atoms with Crippen molar-refractivity contribution in [3.63, 3.8) is 0 Å². The van der Waals surface area contributed by atoms with Gasteiger partial charge in [0.2, 0.25) is 0 Å². The second-order valence-corrected chi connectivity index (χ2v) is 5.98. The van der Waals surface area contributed by atoms with Crippen molar-refractivity contribution in [3.05, 3.63) is 59.2 Å². The molecule has 0 bridgehead atoms. The Hall–Kier alpha value is -2.09. The standard InChI is InChI=1S/C19H24N2/c1-13(2)16-9-7-10-17(14(3)4)19(16)21-12-15-8-5-6-11-18(15)20/h5-14H,20H2,1-4H3. The molecule has 0 saturated carbocycles. The molecule has 0 atom stereocenters. The van der Waals surface area contributed by atoms with Crippen LogP contribution in [0.2, 0.25) is 0 Å². The normalized spacial score (nSPS) is 11.7. The SMILES string of the molecule is CC(C)c1cccc(C(C)C)c1N=Cc1ccccc1N. The van der Waals surface area contributed by atoms with Crippen molar-refractivity contribution in [2.45, 2.75) is 39.5 Å². The van der Waals surface area contributed by atoms with Gasteiger partial charge < -0.3 is 5.73 Å². The van der Waals surface area contributed by atoms with Gasteiger partial charge in [-0.1, -0.05) is 64.1 Å². The summed E-state index contributed by atoms with van der Waals surface area (Å²) >= 11 is 0. The minimum Gasteiger partial charge on any atom is -0.398 e. The van der Waals surface area contributed by atoms with Crippen molar-refractivity contribution in [2.24, 2.45) is 4.99 Å². The first-order valence-corrected chi connectivity index (χ1v) is 7.52. The van der Waals surface area contributed by atoms with Gasteiger partial charge in [-0.2, -0.15) is 0 Å². The van der Waals surface area contributed by atoms with Crippen LogP contribution in [0.1, 0.15) is 56.2 Å². The van der Waals surface area contributed by atoms with Crippen LogP contribution in [-0.2, 0) is 0 Å². The van der Waals surface area contributed by atoms with E-state index < -0.39 is 0 Å². The molecule has 0 aliphatic carbocycles. The number of nitrogen functional groups attached to an aromatic ring is 1. The van der Waals surface area contributed by atoms with E-state index in [1.165, 1.54) is 11.1 Å². The molecule has 0 amide bonds. The molecular weight excluding hydrogens is 256 g/mol. The number of benzene rings is 2. The molecule has 0 aromatic heterocycles. The molecule has 2 N–H and O–H groups in total. The van der Waals surface area contributed by atoms with Crippen molar-refractivity contribution < 1.29 is 0 Å². The number of nitrogens with zero attached hydrogens (tertiary/aromatic N) is 1. The van der Waals surface area contributed by atoms with E-state index in [1.54, 1.807) is 0 Å². The Kier molecular flexibility index (Phi) is 4.79. The summed E-state index contributed by atoms with van der Waals surface area (Å²) in [6, 6.07) is 14.3. The molecule has 0 heterocycles. The van der Waals surface area contributed by atoms with Gasteiger partial charge in [0.1, 0.15) is 0 Å². The summed E-state index contributed by atoms with van der Waals surface area (Å²) in [5, 5.41) is 0. The molecule has 2 rings (SSSR count). The Morgan fingerprint density at radius 1 is 0.857 bits per heavy atom. The number of rotatable bonds is 4. The smallest absolute Gasteiger partial charge is 0.0699 e. The van der Waals surface area contributed by atoms with Crippen molar-refractivity contribution in [2.75, 3.05) is 5.73 Å². The van der Waals surface area contributed by atoms with Crippen LogP contribution in [-0.4, -0.2) is 6.21 Å². The predicted octanol–water partition coefficient (Wildman–Crippen LogP) is 5.27.